The van der Waals surface area contributed by atoms with Gasteiger partial charge in [-0.15, -0.1) is 0 Å². The van der Waals surface area contributed by atoms with E-state index in [0.717, 1.165) is 6.26 Å². The number of halogens is 3. The molecule has 192 valence electrons. The van der Waals surface area contributed by atoms with Gasteiger partial charge in [-0.3, -0.25) is 5.01 Å². The van der Waals surface area contributed by atoms with Crippen molar-refractivity contribution in [3.63, 3.8) is 0 Å². The first-order valence-corrected chi connectivity index (χ1v) is 13.3. The van der Waals surface area contributed by atoms with E-state index in [0.29, 0.717) is 44.6 Å². The predicted molar refractivity (Wildman–Crippen MR) is 142 cm³/mol. The summed E-state index contributed by atoms with van der Waals surface area (Å²) >= 11 is 6.03. The quantitative estimate of drug-likeness (QED) is 0.236. The van der Waals surface area contributed by atoms with E-state index in [1.165, 1.54) is 28.0 Å². The SMILES string of the molecule is Cc1nc(C(F)F)cn1-c1ccc(-c2cccc(S(C)(=O)=O)c2)cc1N(N)/C(=C\N)c1ccc(Cl)cc1. The van der Waals surface area contributed by atoms with Gasteiger partial charge in [0, 0.05) is 29.2 Å². The van der Waals surface area contributed by atoms with Gasteiger partial charge in [0.05, 0.1) is 22.0 Å². The molecule has 4 rings (SSSR count). The lowest BCUT2D eigenvalue weighted by Crippen LogP contribution is -2.31. The first-order chi connectivity index (χ1) is 17.5. The van der Waals surface area contributed by atoms with Gasteiger partial charge in [0.2, 0.25) is 0 Å². The number of hydrogen-bond donors (Lipinski definition) is 2. The third-order valence-electron chi connectivity index (χ3n) is 5.77. The highest BCUT2D eigenvalue weighted by molar-refractivity contribution is 7.90. The van der Waals surface area contributed by atoms with Gasteiger partial charge in [0.25, 0.3) is 6.43 Å². The molecule has 0 amide bonds. The molecular weight excluding hydrogens is 520 g/mol. The van der Waals surface area contributed by atoms with Crippen LogP contribution in [0.4, 0.5) is 14.5 Å². The van der Waals surface area contributed by atoms with E-state index < -0.39 is 16.3 Å². The number of nitrogens with two attached hydrogens (primary N) is 2. The van der Waals surface area contributed by atoms with Gasteiger partial charge in [0.1, 0.15) is 11.5 Å². The maximum absolute atomic E-state index is 13.4. The van der Waals surface area contributed by atoms with E-state index >= 15 is 0 Å². The fourth-order valence-electron chi connectivity index (χ4n) is 3.92. The zero-order chi connectivity index (χ0) is 26.9. The third kappa shape index (κ3) is 5.51. The fourth-order valence-corrected chi connectivity index (χ4v) is 4.71. The summed E-state index contributed by atoms with van der Waals surface area (Å²) in [7, 11) is -3.43. The molecule has 1 heterocycles. The lowest BCUT2D eigenvalue weighted by Gasteiger charge is -2.26. The lowest BCUT2D eigenvalue weighted by atomic mass is 10.0. The monoisotopic (exact) mass is 543 g/mol. The van der Waals surface area contributed by atoms with Gasteiger partial charge in [-0.05, 0) is 54.4 Å². The Morgan fingerprint density at radius 2 is 1.76 bits per heavy atom. The van der Waals surface area contributed by atoms with Crippen LogP contribution < -0.4 is 16.6 Å². The van der Waals surface area contributed by atoms with Crippen LogP contribution in [0.15, 0.2) is 84.0 Å². The van der Waals surface area contributed by atoms with Crippen molar-refractivity contribution in [3.05, 3.63) is 101 Å². The number of aromatic nitrogens is 2. The second-order valence-electron chi connectivity index (χ2n) is 8.32. The van der Waals surface area contributed by atoms with Crippen molar-refractivity contribution >= 4 is 32.8 Å². The summed E-state index contributed by atoms with van der Waals surface area (Å²) in [5.41, 5.74) is 8.84. The average molecular weight is 544 g/mol. The molecule has 0 aliphatic heterocycles. The highest BCUT2D eigenvalue weighted by Gasteiger charge is 2.21. The standard InChI is InChI=1S/C26H24ClF2N5O2S/c1-16-32-22(26(28)29)15-33(16)23-11-8-19(18-4-3-5-21(12-18)37(2,35)36)13-24(23)34(31)25(14-30)17-6-9-20(27)10-7-17/h3-15,26H,30-31H2,1-2H3/b25-14-. The molecule has 0 atom stereocenters. The van der Waals surface area contributed by atoms with Crippen molar-refractivity contribution in [2.75, 3.05) is 11.3 Å². The van der Waals surface area contributed by atoms with E-state index in [9.17, 15) is 17.2 Å². The molecule has 0 radical (unpaired) electrons. The maximum atomic E-state index is 13.4. The van der Waals surface area contributed by atoms with Gasteiger partial charge in [0.15, 0.2) is 9.84 Å². The summed E-state index contributed by atoms with van der Waals surface area (Å²) in [6, 6.07) is 18.6. The molecule has 1 aromatic heterocycles. The largest absolute Gasteiger partial charge is 0.403 e. The molecule has 0 saturated carbocycles. The van der Waals surface area contributed by atoms with E-state index in [4.69, 9.17) is 23.2 Å². The van der Waals surface area contributed by atoms with Crippen LogP contribution in [0.2, 0.25) is 5.02 Å². The molecule has 0 aliphatic carbocycles. The number of imidazole rings is 1. The van der Waals surface area contributed by atoms with E-state index in [1.807, 2.05) is 0 Å². The summed E-state index contributed by atoms with van der Waals surface area (Å²) in [6.45, 7) is 1.61. The van der Waals surface area contributed by atoms with Crippen LogP contribution in [-0.4, -0.2) is 24.2 Å². The molecule has 0 fully saturated rings. The summed E-state index contributed by atoms with van der Waals surface area (Å²) in [5, 5.41) is 1.87. The van der Waals surface area contributed by atoms with Crippen LogP contribution in [0.1, 0.15) is 23.5 Å². The fraction of sp³-hybridized carbons (Fsp3) is 0.115. The molecule has 0 aliphatic rings. The van der Waals surface area contributed by atoms with Gasteiger partial charge < -0.3 is 10.3 Å². The molecular formula is C26H24ClF2N5O2S. The Labute approximate surface area is 218 Å². The van der Waals surface area contributed by atoms with E-state index in [-0.39, 0.29) is 10.6 Å². The Morgan fingerprint density at radius 1 is 1.08 bits per heavy atom. The molecule has 3 aromatic carbocycles. The Morgan fingerprint density at radius 3 is 2.35 bits per heavy atom. The minimum Gasteiger partial charge on any atom is -0.403 e. The zero-order valence-electron chi connectivity index (χ0n) is 19.9. The van der Waals surface area contributed by atoms with Crippen LogP contribution in [0, 0.1) is 6.92 Å². The Balaban J connectivity index is 1.91. The molecule has 11 heteroatoms. The second kappa shape index (κ2) is 10.3. The number of benzene rings is 3. The first kappa shape index (κ1) is 26.3. The summed E-state index contributed by atoms with van der Waals surface area (Å²) in [5.74, 6) is 6.93. The van der Waals surface area contributed by atoms with Gasteiger partial charge >= 0.3 is 0 Å². The topological polar surface area (TPSA) is 107 Å². The molecule has 0 spiro atoms. The number of nitrogens with zero attached hydrogens (tertiary/aromatic N) is 3. The second-order valence-corrected chi connectivity index (χ2v) is 10.8. The van der Waals surface area contributed by atoms with Crippen LogP contribution in [0.5, 0.6) is 0 Å². The van der Waals surface area contributed by atoms with Crippen LogP contribution in [0.3, 0.4) is 0 Å². The van der Waals surface area contributed by atoms with Gasteiger partial charge in [-0.2, -0.15) is 0 Å². The number of aryl methyl sites for hydroxylation is 1. The normalized spacial score (nSPS) is 12.2. The van der Waals surface area contributed by atoms with E-state index in [2.05, 4.69) is 4.98 Å². The molecule has 0 saturated heterocycles. The van der Waals surface area contributed by atoms with Crippen molar-refractivity contribution in [1.82, 2.24) is 9.55 Å². The predicted octanol–water partition coefficient (Wildman–Crippen LogP) is 5.48. The smallest absolute Gasteiger partial charge is 0.281 e. The molecule has 7 nitrogen and oxygen atoms in total. The lowest BCUT2D eigenvalue weighted by molar-refractivity contribution is 0.146. The number of rotatable bonds is 7. The summed E-state index contributed by atoms with van der Waals surface area (Å²) < 4.78 is 52.5. The minimum atomic E-state index is -3.43. The van der Waals surface area contributed by atoms with E-state index in [1.54, 1.807) is 67.6 Å². The Hall–Kier alpha value is -3.73. The van der Waals surface area contributed by atoms with Crippen molar-refractivity contribution in [2.24, 2.45) is 11.6 Å². The average Bonchev–Trinajstić information content (AvgIpc) is 3.26. The van der Waals surface area contributed by atoms with Crippen LogP contribution in [0.25, 0.3) is 22.5 Å². The minimum absolute atomic E-state index is 0.163. The first-order valence-electron chi connectivity index (χ1n) is 11.0. The number of hydrazine groups is 1. The summed E-state index contributed by atoms with van der Waals surface area (Å²) in [6.07, 6.45) is 0.971. The zero-order valence-corrected chi connectivity index (χ0v) is 21.5. The van der Waals surface area contributed by atoms with Gasteiger partial charge in [-0.1, -0.05) is 41.9 Å². The van der Waals surface area contributed by atoms with Gasteiger partial charge in [-0.25, -0.2) is 28.0 Å². The molecule has 4 N–H and O–H groups in total. The molecule has 4 aromatic rings. The third-order valence-corrected chi connectivity index (χ3v) is 7.13. The number of hydrogen-bond acceptors (Lipinski definition) is 6. The van der Waals surface area contributed by atoms with Crippen LogP contribution in [-0.2, 0) is 9.84 Å². The molecule has 37 heavy (non-hydrogen) atoms. The van der Waals surface area contributed by atoms with Crippen LogP contribution >= 0.6 is 11.6 Å². The maximum Gasteiger partial charge on any atom is 0.281 e. The van der Waals surface area contributed by atoms with Crippen molar-refractivity contribution < 1.29 is 17.2 Å². The Kier molecular flexibility index (Phi) is 7.35. The number of alkyl halides is 2. The molecule has 0 bridgehead atoms. The highest BCUT2D eigenvalue weighted by Crippen LogP contribution is 2.35. The highest BCUT2D eigenvalue weighted by atomic mass is 35.5. The van der Waals surface area contributed by atoms with Crippen molar-refractivity contribution in [3.8, 4) is 16.8 Å². The Bertz CT molecular complexity index is 1590. The van der Waals surface area contributed by atoms with Crippen molar-refractivity contribution in [2.45, 2.75) is 18.2 Å². The number of anilines is 1. The van der Waals surface area contributed by atoms with Crippen molar-refractivity contribution in [1.29, 1.82) is 0 Å². The molecule has 0 unspecified atom stereocenters. The number of sulfone groups is 1. The summed E-state index contributed by atoms with van der Waals surface area (Å²) in [4.78, 5) is 4.13.